The van der Waals surface area contributed by atoms with E-state index in [9.17, 15) is 4.79 Å². The van der Waals surface area contributed by atoms with Gasteiger partial charge in [0.25, 0.3) is 0 Å². The minimum Gasteiger partial charge on any atom is -0.468 e. The lowest BCUT2D eigenvalue weighted by Gasteiger charge is -2.14. The van der Waals surface area contributed by atoms with Gasteiger partial charge in [-0.05, 0) is 18.9 Å². The lowest BCUT2D eigenvalue weighted by atomic mass is 10.1. The molecular formula is C14H17NO2S2. The van der Waals surface area contributed by atoms with Gasteiger partial charge in [0.2, 0.25) is 0 Å². The van der Waals surface area contributed by atoms with Gasteiger partial charge < -0.3 is 4.74 Å². The molecule has 0 radical (unpaired) electrons. The van der Waals surface area contributed by atoms with Crippen LogP contribution in [0.5, 0.6) is 0 Å². The molecule has 0 bridgehead atoms. The van der Waals surface area contributed by atoms with Crippen molar-refractivity contribution in [1.29, 1.82) is 0 Å². The summed E-state index contributed by atoms with van der Waals surface area (Å²) in [5.41, 5.74) is 2.37. The number of hydrogen-bond donors (Lipinski definition) is 0. The third-order valence-corrected chi connectivity index (χ3v) is 5.19. The molecule has 1 atom stereocenters. The Morgan fingerprint density at radius 3 is 2.79 bits per heavy atom. The summed E-state index contributed by atoms with van der Waals surface area (Å²) in [6.07, 6.45) is 0.678. The molecule has 5 heteroatoms. The number of carbonyl (C=O) groups is 1. The molecule has 1 aromatic carbocycles. The fourth-order valence-corrected chi connectivity index (χ4v) is 4.04. The van der Waals surface area contributed by atoms with Crippen molar-refractivity contribution in [2.24, 2.45) is 4.99 Å². The molecular weight excluding hydrogens is 278 g/mol. The maximum Gasteiger partial charge on any atom is 0.319 e. The fourth-order valence-electron chi connectivity index (χ4n) is 1.75. The summed E-state index contributed by atoms with van der Waals surface area (Å²) in [6.45, 7) is 2.91. The molecule has 1 heterocycles. The van der Waals surface area contributed by atoms with Crippen LogP contribution in [-0.2, 0) is 16.0 Å². The summed E-state index contributed by atoms with van der Waals surface area (Å²) < 4.78 is 5.90. The van der Waals surface area contributed by atoms with Gasteiger partial charge in [0, 0.05) is 5.75 Å². The lowest BCUT2D eigenvalue weighted by molar-refractivity contribution is -0.139. The zero-order chi connectivity index (χ0) is 13.7. The summed E-state index contributed by atoms with van der Waals surface area (Å²) in [7, 11) is 1.44. The molecule has 2 rings (SSSR count). The summed E-state index contributed by atoms with van der Waals surface area (Å²) in [5, 5.41) is -0.211. The Morgan fingerprint density at radius 2 is 2.21 bits per heavy atom. The van der Waals surface area contributed by atoms with Crippen LogP contribution in [0, 0.1) is 6.92 Å². The van der Waals surface area contributed by atoms with Crippen LogP contribution in [0.2, 0.25) is 0 Å². The summed E-state index contributed by atoms with van der Waals surface area (Å²) >= 11 is 3.24. The number of carbonyl (C=O) groups excluding carboxylic acids is 1. The van der Waals surface area contributed by atoms with E-state index in [0.29, 0.717) is 6.42 Å². The van der Waals surface area contributed by atoms with Gasteiger partial charge in [-0.2, -0.15) is 0 Å². The van der Waals surface area contributed by atoms with Crippen LogP contribution < -0.4 is 0 Å². The number of rotatable bonds is 4. The van der Waals surface area contributed by atoms with Crippen LogP contribution >= 0.6 is 23.5 Å². The van der Waals surface area contributed by atoms with E-state index in [4.69, 9.17) is 4.74 Å². The van der Waals surface area contributed by atoms with E-state index in [1.54, 1.807) is 11.8 Å². The number of ether oxygens (including phenoxy) is 1. The normalized spacial score (nSPS) is 16.0. The van der Waals surface area contributed by atoms with Crippen LogP contribution in [-0.4, -0.2) is 35.0 Å². The van der Waals surface area contributed by atoms with E-state index in [-0.39, 0.29) is 11.2 Å². The van der Waals surface area contributed by atoms with E-state index >= 15 is 0 Å². The van der Waals surface area contributed by atoms with Crippen molar-refractivity contribution in [2.45, 2.75) is 18.6 Å². The van der Waals surface area contributed by atoms with E-state index < -0.39 is 0 Å². The second kappa shape index (κ2) is 7.01. The molecule has 0 saturated heterocycles. The first-order valence-corrected chi connectivity index (χ1v) is 8.03. The number of methoxy groups -OCH3 is 1. The van der Waals surface area contributed by atoms with Crippen molar-refractivity contribution in [3.05, 3.63) is 35.4 Å². The molecule has 0 spiro atoms. The minimum absolute atomic E-state index is 0.180. The number of benzene rings is 1. The first kappa shape index (κ1) is 14.5. The standard InChI is InChI=1S/C14H17NO2S2/c1-10-3-5-11(6-4-10)9-12(13(16)17-2)19-14-15-7-8-18-14/h3-6,12H,7-9H2,1-2H3. The van der Waals surface area contributed by atoms with E-state index in [1.807, 2.05) is 0 Å². The molecule has 1 unspecified atom stereocenters. The Hall–Kier alpha value is -0.940. The number of hydrogen-bond acceptors (Lipinski definition) is 5. The SMILES string of the molecule is COC(=O)C(Cc1ccc(C)cc1)SC1=NCCS1. The Kier molecular flexibility index (Phi) is 5.34. The van der Waals surface area contributed by atoms with Crippen molar-refractivity contribution >= 4 is 33.9 Å². The third-order valence-electron chi connectivity index (χ3n) is 2.81. The molecule has 0 N–H and O–H groups in total. The van der Waals surface area contributed by atoms with Crippen molar-refractivity contribution < 1.29 is 9.53 Å². The predicted molar refractivity (Wildman–Crippen MR) is 83.0 cm³/mol. The highest BCUT2D eigenvalue weighted by Gasteiger charge is 2.24. The maximum absolute atomic E-state index is 11.9. The van der Waals surface area contributed by atoms with Gasteiger partial charge in [-0.3, -0.25) is 9.79 Å². The first-order valence-electron chi connectivity index (χ1n) is 6.16. The molecule has 0 amide bonds. The average molecular weight is 295 g/mol. The zero-order valence-electron chi connectivity index (χ0n) is 11.1. The Morgan fingerprint density at radius 1 is 1.47 bits per heavy atom. The molecule has 0 saturated carbocycles. The Bertz CT molecular complexity index is 471. The van der Waals surface area contributed by atoms with Crippen LogP contribution in [0.1, 0.15) is 11.1 Å². The second-order valence-electron chi connectivity index (χ2n) is 4.32. The highest BCUT2D eigenvalue weighted by atomic mass is 32.2. The molecule has 102 valence electrons. The van der Waals surface area contributed by atoms with Crippen molar-refractivity contribution in [2.75, 3.05) is 19.4 Å². The summed E-state index contributed by atoms with van der Waals surface area (Å²) in [5.74, 6) is 0.835. The highest BCUT2D eigenvalue weighted by molar-refractivity contribution is 8.39. The molecule has 0 aromatic heterocycles. The van der Waals surface area contributed by atoms with Crippen LogP contribution in [0.25, 0.3) is 0 Å². The van der Waals surface area contributed by atoms with E-state index in [0.717, 1.165) is 22.2 Å². The number of thioether (sulfide) groups is 2. The van der Waals surface area contributed by atoms with Crippen molar-refractivity contribution in [1.82, 2.24) is 0 Å². The monoisotopic (exact) mass is 295 g/mol. The van der Waals surface area contributed by atoms with Crippen LogP contribution in [0.15, 0.2) is 29.3 Å². The van der Waals surface area contributed by atoms with Gasteiger partial charge in [0.15, 0.2) is 0 Å². The Balaban J connectivity index is 2.04. The van der Waals surface area contributed by atoms with Crippen LogP contribution in [0.4, 0.5) is 0 Å². The molecule has 0 aliphatic carbocycles. The number of nitrogens with zero attached hydrogens (tertiary/aromatic N) is 1. The van der Waals surface area contributed by atoms with Crippen LogP contribution in [0.3, 0.4) is 0 Å². The van der Waals surface area contributed by atoms with Gasteiger partial charge in [-0.15, -0.1) is 0 Å². The second-order valence-corrected chi connectivity index (χ2v) is 6.85. The third kappa shape index (κ3) is 4.28. The molecule has 1 aromatic rings. The fraction of sp³-hybridized carbons (Fsp3) is 0.429. The predicted octanol–water partition coefficient (Wildman–Crippen LogP) is 2.92. The topological polar surface area (TPSA) is 38.7 Å². The van der Waals surface area contributed by atoms with Crippen molar-refractivity contribution in [3.63, 3.8) is 0 Å². The van der Waals surface area contributed by atoms with Crippen molar-refractivity contribution in [3.8, 4) is 0 Å². The first-order chi connectivity index (χ1) is 9.19. The zero-order valence-corrected chi connectivity index (χ0v) is 12.7. The molecule has 1 aliphatic heterocycles. The number of aryl methyl sites for hydroxylation is 1. The van der Waals surface area contributed by atoms with Gasteiger partial charge in [0.05, 0.1) is 13.7 Å². The maximum atomic E-state index is 11.9. The minimum atomic E-state index is -0.211. The van der Waals surface area contributed by atoms with E-state index in [1.165, 1.54) is 24.4 Å². The molecule has 3 nitrogen and oxygen atoms in total. The van der Waals surface area contributed by atoms with Gasteiger partial charge in [-0.25, -0.2) is 0 Å². The quantitative estimate of drug-likeness (QED) is 0.801. The van der Waals surface area contributed by atoms with E-state index in [2.05, 4.69) is 36.2 Å². The van der Waals surface area contributed by atoms with Gasteiger partial charge in [0.1, 0.15) is 9.63 Å². The molecule has 1 aliphatic rings. The number of aliphatic imine (C=N–C) groups is 1. The summed E-state index contributed by atoms with van der Waals surface area (Å²) in [6, 6.07) is 8.26. The highest BCUT2D eigenvalue weighted by Crippen LogP contribution is 2.28. The number of esters is 1. The van der Waals surface area contributed by atoms with Gasteiger partial charge >= 0.3 is 5.97 Å². The van der Waals surface area contributed by atoms with Gasteiger partial charge in [-0.1, -0.05) is 53.4 Å². The average Bonchev–Trinajstić information content (AvgIpc) is 2.92. The Labute approximate surface area is 122 Å². The lowest BCUT2D eigenvalue weighted by Crippen LogP contribution is -2.22. The molecule has 0 fully saturated rings. The molecule has 19 heavy (non-hydrogen) atoms. The smallest absolute Gasteiger partial charge is 0.319 e. The largest absolute Gasteiger partial charge is 0.468 e. The summed E-state index contributed by atoms with van der Waals surface area (Å²) in [4.78, 5) is 16.2.